The van der Waals surface area contributed by atoms with Gasteiger partial charge in [0.1, 0.15) is 0 Å². The van der Waals surface area contributed by atoms with Crippen LogP contribution in [0, 0.1) is 0 Å². The highest BCUT2D eigenvalue weighted by Gasteiger charge is 2.27. The summed E-state index contributed by atoms with van der Waals surface area (Å²) in [5.74, 6) is 0. The van der Waals surface area contributed by atoms with Crippen LogP contribution < -0.4 is 0 Å². The normalized spacial score (nSPS) is 19.3. The molecule has 4 heteroatoms. The number of fused-ring (bicyclic) bond motifs is 2. The molecule has 2 heterocycles. The summed E-state index contributed by atoms with van der Waals surface area (Å²) in [6.45, 7) is 16.0. The number of piperazine rings is 1. The number of pyridine rings is 1. The number of aromatic nitrogens is 1. The van der Waals surface area contributed by atoms with Crippen molar-refractivity contribution >= 4 is 28.2 Å². The molecule has 1 aliphatic carbocycles. The molecule has 3 nitrogen and oxygen atoms in total. The highest BCUT2D eigenvalue weighted by molar-refractivity contribution is 6.36. The lowest BCUT2D eigenvalue weighted by atomic mass is 9.94. The maximum atomic E-state index is 6.75. The van der Waals surface area contributed by atoms with Gasteiger partial charge in [0.05, 0.1) is 10.5 Å². The van der Waals surface area contributed by atoms with Crippen molar-refractivity contribution in [2.45, 2.75) is 58.4 Å². The fourth-order valence-corrected chi connectivity index (χ4v) is 5.28. The van der Waals surface area contributed by atoms with Crippen LogP contribution in [-0.4, -0.2) is 40.5 Å². The van der Waals surface area contributed by atoms with E-state index in [0.29, 0.717) is 6.04 Å². The fourth-order valence-electron chi connectivity index (χ4n) is 4.91. The van der Waals surface area contributed by atoms with Crippen LogP contribution in [0.2, 0.25) is 5.02 Å². The minimum absolute atomic E-state index is 0.503. The van der Waals surface area contributed by atoms with E-state index in [4.69, 9.17) is 16.6 Å². The number of allylic oxidation sites excluding steroid dienone is 1. The monoisotopic (exact) mass is 409 g/mol. The minimum atomic E-state index is 0.503. The molecule has 0 radical (unpaired) electrons. The van der Waals surface area contributed by atoms with Crippen molar-refractivity contribution in [3.8, 4) is 0 Å². The van der Waals surface area contributed by atoms with E-state index in [9.17, 15) is 0 Å². The second-order valence-electron chi connectivity index (χ2n) is 8.55. The summed E-state index contributed by atoms with van der Waals surface area (Å²) in [6, 6.07) is 6.97. The number of hydrogen-bond donors (Lipinski definition) is 0. The lowest BCUT2D eigenvalue weighted by Gasteiger charge is -2.44. The van der Waals surface area contributed by atoms with Crippen LogP contribution in [0.3, 0.4) is 0 Å². The van der Waals surface area contributed by atoms with Crippen molar-refractivity contribution in [2.24, 2.45) is 0 Å². The fraction of sp³-hybridized carbons (Fsp3) is 0.480. The summed E-state index contributed by atoms with van der Waals surface area (Å²) in [7, 11) is 0. The Balaban J connectivity index is 1.61. The first-order valence-corrected chi connectivity index (χ1v) is 11.3. The maximum absolute atomic E-state index is 6.75. The molecule has 1 aromatic carbocycles. The lowest BCUT2D eigenvalue weighted by molar-refractivity contribution is 0.135. The van der Waals surface area contributed by atoms with E-state index in [0.717, 1.165) is 59.7 Å². The molecular formula is C25H32ClN3. The molecule has 0 amide bonds. The highest BCUT2D eigenvalue weighted by Crippen LogP contribution is 2.34. The van der Waals surface area contributed by atoms with Gasteiger partial charge in [0.15, 0.2) is 0 Å². The SMILES string of the molecule is C=C(c1ccc2c(Cl)c3c(nc2c1)CCCC3)N1CCN(C(=C)C)C(CCC)C1. The van der Waals surface area contributed by atoms with Crippen molar-refractivity contribution in [1.29, 1.82) is 0 Å². The molecule has 1 unspecified atom stereocenters. The van der Waals surface area contributed by atoms with Gasteiger partial charge in [-0.1, -0.05) is 50.2 Å². The molecule has 0 N–H and O–H groups in total. The third-order valence-electron chi connectivity index (χ3n) is 6.50. The van der Waals surface area contributed by atoms with Gasteiger partial charge < -0.3 is 9.80 Å². The molecular weight excluding hydrogens is 378 g/mol. The van der Waals surface area contributed by atoms with Gasteiger partial charge in [0.2, 0.25) is 0 Å². The van der Waals surface area contributed by atoms with Crippen molar-refractivity contribution in [1.82, 2.24) is 14.8 Å². The quantitative estimate of drug-likeness (QED) is 0.598. The van der Waals surface area contributed by atoms with Gasteiger partial charge in [0.25, 0.3) is 0 Å². The zero-order valence-electron chi connectivity index (χ0n) is 17.8. The third kappa shape index (κ3) is 3.90. The van der Waals surface area contributed by atoms with Crippen molar-refractivity contribution < 1.29 is 0 Å². The van der Waals surface area contributed by atoms with E-state index in [1.54, 1.807) is 0 Å². The van der Waals surface area contributed by atoms with E-state index >= 15 is 0 Å². The van der Waals surface area contributed by atoms with Gasteiger partial charge in [-0.3, -0.25) is 4.98 Å². The predicted molar refractivity (Wildman–Crippen MR) is 124 cm³/mol. The second kappa shape index (κ2) is 8.39. The van der Waals surface area contributed by atoms with Gasteiger partial charge in [0, 0.05) is 48.2 Å². The first kappa shape index (κ1) is 20.3. The van der Waals surface area contributed by atoms with Gasteiger partial charge in [-0.15, -0.1) is 0 Å². The Hall–Kier alpha value is -2.00. The number of hydrogen-bond acceptors (Lipinski definition) is 3. The van der Waals surface area contributed by atoms with Crippen LogP contribution in [0.5, 0.6) is 0 Å². The molecule has 29 heavy (non-hydrogen) atoms. The van der Waals surface area contributed by atoms with Crippen LogP contribution in [0.4, 0.5) is 0 Å². The average Bonchev–Trinajstić information content (AvgIpc) is 2.73. The van der Waals surface area contributed by atoms with E-state index in [1.165, 1.54) is 42.6 Å². The van der Waals surface area contributed by atoms with E-state index in [2.05, 4.69) is 55.0 Å². The standard InChI is InChI=1S/C25H32ClN3/c1-5-8-20-16-28(13-14-29(20)17(2)3)18(4)19-11-12-22-24(15-19)27-23-10-7-6-9-21(23)25(22)26/h11-12,15,20H,2,4-10,13-14,16H2,1,3H3. The Morgan fingerprint density at radius 3 is 2.76 bits per heavy atom. The smallest absolute Gasteiger partial charge is 0.0727 e. The number of rotatable bonds is 5. The number of nitrogens with zero attached hydrogens (tertiary/aromatic N) is 3. The largest absolute Gasteiger partial charge is 0.369 e. The van der Waals surface area contributed by atoms with E-state index in [-0.39, 0.29) is 0 Å². The van der Waals surface area contributed by atoms with Crippen molar-refractivity contribution in [3.63, 3.8) is 0 Å². The zero-order valence-corrected chi connectivity index (χ0v) is 18.6. The minimum Gasteiger partial charge on any atom is -0.369 e. The van der Waals surface area contributed by atoms with Crippen LogP contribution >= 0.6 is 11.6 Å². The average molecular weight is 410 g/mol. The van der Waals surface area contributed by atoms with Gasteiger partial charge in [-0.25, -0.2) is 0 Å². The molecule has 0 spiro atoms. The van der Waals surface area contributed by atoms with Gasteiger partial charge in [-0.2, -0.15) is 0 Å². The lowest BCUT2D eigenvalue weighted by Crippen LogP contribution is -2.51. The van der Waals surface area contributed by atoms with Gasteiger partial charge in [-0.05, 0) is 56.2 Å². The van der Waals surface area contributed by atoms with Crippen LogP contribution in [0.25, 0.3) is 16.6 Å². The van der Waals surface area contributed by atoms with Crippen LogP contribution in [-0.2, 0) is 12.8 Å². The van der Waals surface area contributed by atoms with Gasteiger partial charge >= 0.3 is 0 Å². The number of halogens is 1. The predicted octanol–water partition coefficient (Wildman–Crippen LogP) is 6.06. The van der Waals surface area contributed by atoms with Crippen LogP contribution in [0.15, 0.2) is 37.1 Å². The summed E-state index contributed by atoms with van der Waals surface area (Å²) in [6.07, 6.45) is 6.87. The Morgan fingerprint density at radius 1 is 1.21 bits per heavy atom. The Bertz CT molecular complexity index is 949. The summed E-state index contributed by atoms with van der Waals surface area (Å²) in [5.41, 5.74) is 6.86. The molecule has 0 saturated carbocycles. The highest BCUT2D eigenvalue weighted by atomic mass is 35.5. The second-order valence-corrected chi connectivity index (χ2v) is 8.93. The summed E-state index contributed by atoms with van der Waals surface area (Å²) in [4.78, 5) is 9.87. The number of aryl methyl sites for hydroxylation is 1. The first-order chi connectivity index (χ1) is 14.0. The molecule has 2 aromatic rings. The topological polar surface area (TPSA) is 19.4 Å². The molecule has 2 aliphatic rings. The van der Waals surface area contributed by atoms with Crippen LogP contribution in [0.1, 0.15) is 56.4 Å². The summed E-state index contributed by atoms with van der Waals surface area (Å²) < 4.78 is 0. The van der Waals surface area contributed by atoms with Crippen molar-refractivity contribution in [2.75, 3.05) is 19.6 Å². The van der Waals surface area contributed by atoms with E-state index in [1.807, 2.05) is 0 Å². The summed E-state index contributed by atoms with van der Waals surface area (Å²) >= 11 is 6.75. The molecule has 154 valence electrons. The Kier molecular flexibility index (Phi) is 5.87. The molecule has 1 atom stereocenters. The molecule has 1 aliphatic heterocycles. The summed E-state index contributed by atoms with van der Waals surface area (Å²) in [5, 5.41) is 1.97. The molecule has 1 saturated heterocycles. The third-order valence-corrected chi connectivity index (χ3v) is 6.93. The Morgan fingerprint density at radius 2 is 2.00 bits per heavy atom. The maximum Gasteiger partial charge on any atom is 0.0727 e. The van der Waals surface area contributed by atoms with E-state index < -0.39 is 0 Å². The molecule has 0 bridgehead atoms. The molecule has 4 rings (SSSR count). The first-order valence-electron chi connectivity index (χ1n) is 11.0. The number of benzene rings is 1. The molecule has 1 fully saturated rings. The van der Waals surface area contributed by atoms with Crippen molar-refractivity contribution in [3.05, 3.63) is 58.9 Å². The zero-order chi connectivity index (χ0) is 20.5. The Labute approximate surface area is 180 Å². The molecule has 1 aromatic heterocycles.